The van der Waals surface area contributed by atoms with Crippen LogP contribution in [-0.2, 0) is 19.7 Å². The van der Waals surface area contributed by atoms with Crippen LogP contribution in [0.3, 0.4) is 0 Å². The first kappa shape index (κ1) is 17.5. The molecule has 1 aliphatic heterocycles. The van der Waals surface area contributed by atoms with Crippen LogP contribution in [0.15, 0.2) is 59.0 Å². The van der Waals surface area contributed by atoms with E-state index in [-0.39, 0.29) is 5.91 Å². The van der Waals surface area contributed by atoms with Gasteiger partial charge in [-0.1, -0.05) is 29.8 Å². The van der Waals surface area contributed by atoms with Gasteiger partial charge in [-0.05, 0) is 37.3 Å². The van der Waals surface area contributed by atoms with E-state index in [1.54, 1.807) is 15.6 Å². The predicted molar refractivity (Wildman–Crippen MR) is 106 cm³/mol. The van der Waals surface area contributed by atoms with Crippen molar-refractivity contribution in [1.82, 2.24) is 19.7 Å². The smallest absolute Gasteiger partial charge is 0.272 e. The van der Waals surface area contributed by atoms with Gasteiger partial charge in [0.05, 0.1) is 13.1 Å². The minimum absolute atomic E-state index is 0.0763. The maximum atomic E-state index is 12.9. The summed E-state index contributed by atoms with van der Waals surface area (Å²) in [6, 6.07) is 17.3. The molecule has 1 amide bonds. The van der Waals surface area contributed by atoms with E-state index in [9.17, 15) is 4.79 Å². The minimum atomic E-state index is -0.0763. The normalized spacial score (nSPS) is 13.7. The third-order valence-electron chi connectivity index (χ3n) is 4.99. The SMILES string of the molecule is Cc1ccc(OCc2cc3n(n2)CCN(Cc2nc4ccccc4o2)C3=O)cc1. The van der Waals surface area contributed by atoms with Gasteiger partial charge in [0.15, 0.2) is 5.58 Å². The lowest BCUT2D eigenvalue weighted by molar-refractivity contribution is 0.0668. The van der Waals surface area contributed by atoms with Gasteiger partial charge in [-0.3, -0.25) is 9.48 Å². The Bertz CT molecular complexity index is 1140. The summed E-state index contributed by atoms with van der Waals surface area (Å²) in [5, 5.41) is 4.52. The first-order valence-corrected chi connectivity index (χ1v) is 9.56. The fraction of sp³-hybridized carbons (Fsp3) is 0.227. The Morgan fingerprint density at radius 3 is 2.76 bits per heavy atom. The van der Waals surface area contributed by atoms with Crippen molar-refractivity contribution in [2.75, 3.05) is 6.54 Å². The van der Waals surface area contributed by atoms with Crippen molar-refractivity contribution in [3.8, 4) is 5.75 Å². The van der Waals surface area contributed by atoms with E-state index in [0.717, 1.165) is 22.5 Å². The number of carbonyl (C=O) groups is 1. The van der Waals surface area contributed by atoms with E-state index < -0.39 is 0 Å². The molecule has 1 aliphatic rings. The van der Waals surface area contributed by atoms with Crippen molar-refractivity contribution in [1.29, 1.82) is 0 Å². The number of para-hydroxylation sites is 2. The molecule has 2 aromatic carbocycles. The number of rotatable bonds is 5. The number of nitrogens with zero attached hydrogens (tertiary/aromatic N) is 4. The second-order valence-electron chi connectivity index (χ2n) is 7.15. The van der Waals surface area contributed by atoms with Crippen molar-refractivity contribution in [2.24, 2.45) is 0 Å². The molecule has 0 saturated heterocycles. The van der Waals surface area contributed by atoms with Crippen molar-refractivity contribution in [2.45, 2.75) is 26.6 Å². The lowest BCUT2D eigenvalue weighted by Crippen LogP contribution is -2.39. The molecule has 146 valence electrons. The maximum absolute atomic E-state index is 12.9. The molecule has 0 radical (unpaired) electrons. The molecule has 3 heterocycles. The van der Waals surface area contributed by atoms with E-state index in [1.807, 2.05) is 55.5 Å². The Morgan fingerprint density at radius 2 is 1.93 bits per heavy atom. The Labute approximate surface area is 167 Å². The highest BCUT2D eigenvalue weighted by Gasteiger charge is 2.27. The number of fused-ring (bicyclic) bond motifs is 2. The quantitative estimate of drug-likeness (QED) is 0.523. The molecule has 0 atom stereocenters. The summed E-state index contributed by atoms with van der Waals surface area (Å²) in [5.74, 6) is 1.24. The topological polar surface area (TPSA) is 73.4 Å². The van der Waals surface area contributed by atoms with Gasteiger partial charge in [0.1, 0.15) is 29.3 Å². The number of ether oxygens (including phenoxy) is 1. The third kappa shape index (κ3) is 3.47. The van der Waals surface area contributed by atoms with Crippen LogP contribution < -0.4 is 4.74 Å². The number of benzene rings is 2. The molecule has 29 heavy (non-hydrogen) atoms. The molecule has 5 rings (SSSR count). The Kier molecular flexibility index (Phi) is 4.27. The van der Waals surface area contributed by atoms with Crippen LogP contribution in [0.1, 0.15) is 27.6 Å². The van der Waals surface area contributed by atoms with Crippen LogP contribution in [-0.4, -0.2) is 32.1 Å². The van der Waals surface area contributed by atoms with Crippen molar-refractivity contribution >= 4 is 17.0 Å². The lowest BCUT2D eigenvalue weighted by atomic mass is 10.2. The van der Waals surface area contributed by atoms with Crippen LogP contribution in [0.4, 0.5) is 0 Å². The standard InChI is InChI=1S/C22H20N4O3/c1-15-6-8-17(9-7-15)28-14-16-12-19-22(27)25(10-11-26(19)24-16)13-21-23-18-4-2-3-5-20(18)29-21/h2-9,12H,10-11,13-14H2,1H3. The van der Waals surface area contributed by atoms with Gasteiger partial charge in [-0.15, -0.1) is 0 Å². The highest BCUT2D eigenvalue weighted by molar-refractivity contribution is 5.93. The molecule has 0 saturated carbocycles. The largest absolute Gasteiger partial charge is 0.487 e. The van der Waals surface area contributed by atoms with Gasteiger partial charge in [0, 0.05) is 6.54 Å². The highest BCUT2D eigenvalue weighted by Crippen LogP contribution is 2.20. The molecule has 7 heteroatoms. The summed E-state index contributed by atoms with van der Waals surface area (Å²) in [6.07, 6.45) is 0. The van der Waals surface area contributed by atoms with E-state index in [2.05, 4.69) is 10.1 Å². The van der Waals surface area contributed by atoms with Crippen molar-refractivity contribution < 1.29 is 13.9 Å². The molecule has 7 nitrogen and oxygen atoms in total. The number of aryl methyl sites for hydroxylation is 1. The molecule has 0 spiro atoms. The van der Waals surface area contributed by atoms with Crippen LogP contribution in [0.5, 0.6) is 5.75 Å². The first-order valence-electron chi connectivity index (χ1n) is 9.56. The molecule has 0 bridgehead atoms. The Hall–Kier alpha value is -3.61. The maximum Gasteiger partial charge on any atom is 0.272 e. The van der Waals surface area contributed by atoms with E-state index in [1.165, 1.54) is 5.56 Å². The van der Waals surface area contributed by atoms with Gasteiger partial charge in [0.2, 0.25) is 5.89 Å². The summed E-state index contributed by atoms with van der Waals surface area (Å²) >= 11 is 0. The highest BCUT2D eigenvalue weighted by atomic mass is 16.5. The monoisotopic (exact) mass is 388 g/mol. The van der Waals surface area contributed by atoms with Crippen LogP contribution >= 0.6 is 0 Å². The van der Waals surface area contributed by atoms with Gasteiger partial charge in [-0.25, -0.2) is 4.98 Å². The van der Waals surface area contributed by atoms with Crippen LogP contribution in [0, 0.1) is 6.92 Å². The number of amides is 1. The second-order valence-corrected chi connectivity index (χ2v) is 7.15. The fourth-order valence-corrected chi connectivity index (χ4v) is 3.46. The van der Waals surface area contributed by atoms with Crippen LogP contribution in [0.2, 0.25) is 0 Å². The van der Waals surface area contributed by atoms with Crippen LogP contribution in [0.25, 0.3) is 11.1 Å². The molecule has 0 aliphatic carbocycles. The van der Waals surface area contributed by atoms with E-state index >= 15 is 0 Å². The van der Waals surface area contributed by atoms with Gasteiger partial charge >= 0.3 is 0 Å². The summed E-state index contributed by atoms with van der Waals surface area (Å²) < 4.78 is 13.3. The van der Waals surface area contributed by atoms with E-state index in [4.69, 9.17) is 9.15 Å². The molecule has 0 N–H and O–H groups in total. The zero-order valence-electron chi connectivity index (χ0n) is 16.0. The summed E-state index contributed by atoms with van der Waals surface area (Å²) in [7, 11) is 0. The summed E-state index contributed by atoms with van der Waals surface area (Å²) in [4.78, 5) is 19.1. The second kappa shape index (κ2) is 7.09. The zero-order valence-corrected chi connectivity index (χ0v) is 16.0. The first-order chi connectivity index (χ1) is 14.2. The van der Waals surface area contributed by atoms with Gasteiger partial charge < -0.3 is 14.1 Å². The zero-order chi connectivity index (χ0) is 19.8. The number of oxazole rings is 1. The lowest BCUT2D eigenvalue weighted by Gasteiger charge is -2.26. The molecule has 0 unspecified atom stereocenters. The average Bonchev–Trinajstić information content (AvgIpc) is 3.33. The van der Waals surface area contributed by atoms with E-state index in [0.29, 0.717) is 37.8 Å². The molecular weight excluding hydrogens is 368 g/mol. The Morgan fingerprint density at radius 1 is 1.10 bits per heavy atom. The van der Waals surface area contributed by atoms with Gasteiger partial charge in [0.25, 0.3) is 5.91 Å². The molecule has 0 fully saturated rings. The van der Waals surface area contributed by atoms with Crippen molar-refractivity contribution in [3.05, 3.63) is 77.4 Å². The summed E-state index contributed by atoms with van der Waals surface area (Å²) in [5.41, 5.74) is 4.01. The third-order valence-corrected chi connectivity index (χ3v) is 4.99. The fourth-order valence-electron chi connectivity index (χ4n) is 3.46. The Balaban J connectivity index is 1.29. The minimum Gasteiger partial charge on any atom is -0.487 e. The number of hydrogen-bond acceptors (Lipinski definition) is 5. The van der Waals surface area contributed by atoms with Crippen molar-refractivity contribution in [3.63, 3.8) is 0 Å². The number of aromatic nitrogens is 3. The average molecular weight is 388 g/mol. The van der Waals surface area contributed by atoms with Gasteiger partial charge in [-0.2, -0.15) is 5.10 Å². The summed E-state index contributed by atoms with van der Waals surface area (Å²) in [6.45, 7) is 3.89. The molecule has 2 aromatic heterocycles. The number of carbonyl (C=O) groups excluding carboxylic acids is 1. The predicted octanol–water partition coefficient (Wildman–Crippen LogP) is 3.57. The number of hydrogen-bond donors (Lipinski definition) is 0. The molecule has 4 aromatic rings. The molecular formula is C22H20N4O3.